The van der Waals surface area contributed by atoms with Crippen molar-refractivity contribution in [1.82, 2.24) is 15.2 Å². The van der Waals surface area contributed by atoms with Crippen LogP contribution in [0.4, 0.5) is 5.69 Å². The van der Waals surface area contributed by atoms with Gasteiger partial charge in [0.25, 0.3) is 0 Å². The summed E-state index contributed by atoms with van der Waals surface area (Å²) < 4.78 is 5.92. The number of H-pyrrole nitrogens is 1. The van der Waals surface area contributed by atoms with Crippen LogP contribution >= 0.6 is 22.7 Å². The van der Waals surface area contributed by atoms with Gasteiger partial charge in [0, 0.05) is 43.2 Å². The Bertz CT molecular complexity index is 2170. The quantitative estimate of drug-likeness (QED) is 0.0662. The summed E-state index contributed by atoms with van der Waals surface area (Å²) in [5, 5.41) is 43.6. The number of aliphatic hydroxyl groups excluding tert-OH is 1. The number of rotatable bonds is 15. The summed E-state index contributed by atoms with van der Waals surface area (Å²) in [6.07, 6.45) is 4.42. The lowest BCUT2D eigenvalue weighted by Crippen LogP contribution is -2.52. The van der Waals surface area contributed by atoms with Gasteiger partial charge in [-0.1, -0.05) is 38.1 Å². The zero-order valence-corrected chi connectivity index (χ0v) is 33.4. The Labute approximate surface area is 334 Å². The van der Waals surface area contributed by atoms with Gasteiger partial charge in [-0.15, -0.1) is 22.7 Å². The predicted molar refractivity (Wildman–Crippen MR) is 220 cm³/mol. The lowest BCUT2D eigenvalue weighted by Gasteiger charge is -2.51. The smallest absolute Gasteiger partial charge is 0.349 e. The Morgan fingerprint density at radius 2 is 1.68 bits per heavy atom. The first-order valence-electron chi connectivity index (χ1n) is 19.4. The van der Waals surface area contributed by atoms with Crippen LogP contribution in [-0.4, -0.2) is 69.4 Å². The van der Waals surface area contributed by atoms with E-state index in [1.807, 2.05) is 22.9 Å². The minimum Gasteiger partial charge on any atom is -0.506 e. The number of piperidine rings is 1. The molecule has 1 spiro atoms. The van der Waals surface area contributed by atoms with Crippen molar-refractivity contribution in [2.75, 3.05) is 31.5 Å². The van der Waals surface area contributed by atoms with E-state index < -0.39 is 17.7 Å². The number of phenolic OH excluding ortho intramolecular Hbond substituents is 1. The fraction of sp³-hybridized carbons (Fsp3) is 0.419. The number of aryl methyl sites for hydroxylation is 2. The van der Waals surface area contributed by atoms with Gasteiger partial charge in [0.2, 0.25) is 17.1 Å². The molecule has 1 saturated carbocycles. The van der Waals surface area contributed by atoms with Crippen molar-refractivity contribution in [3.05, 3.63) is 114 Å². The van der Waals surface area contributed by atoms with Crippen LogP contribution in [0.1, 0.15) is 84.1 Å². The van der Waals surface area contributed by atoms with Gasteiger partial charge in [-0.05, 0) is 120 Å². The number of aliphatic hydroxyl groups is 2. The minimum atomic E-state index is -1.78. The second-order valence-corrected chi connectivity index (χ2v) is 17.1. The monoisotopic (exact) mass is 798 g/mol. The number of pyridine rings is 1. The van der Waals surface area contributed by atoms with Gasteiger partial charge in [0.05, 0.1) is 21.4 Å². The maximum Gasteiger partial charge on any atom is 0.349 e. The highest BCUT2D eigenvalue weighted by Gasteiger charge is 2.51. The molecule has 7 rings (SSSR count). The van der Waals surface area contributed by atoms with Crippen molar-refractivity contribution >= 4 is 51.1 Å². The molecule has 2 aliphatic rings. The Balaban J connectivity index is 0.871. The third kappa shape index (κ3) is 8.34. The number of anilines is 1. The van der Waals surface area contributed by atoms with Crippen LogP contribution in [0, 0.1) is 5.41 Å². The minimum absolute atomic E-state index is 0.0157. The Kier molecular flexibility index (Phi) is 12.1. The number of fused-ring (bicyclic) bond motifs is 1. The van der Waals surface area contributed by atoms with Gasteiger partial charge >= 0.3 is 5.97 Å². The summed E-state index contributed by atoms with van der Waals surface area (Å²) in [6, 6.07) is 17.5. The first kappa shape index (κ1) is 39.8. The third-order valence-electron chi connectivity index (χ3n) is 11.6. The van der Waals surface area contributed by atoms with Crippen LogP contribution in [0.2, 0.25) is 0 Å². The molecule has 56 heavy (non-hydrogen) atoms. The van der Waals surface area contributed by atoms with Gasteiger partial charge in [-0.3, -0.25) is 9.59 Å². The highest BCUT2D eigenvalue weighted by molar-refractivity contribution is 7.12. The molecule has 13 heteroatoms. The van der Waals surface area contributed by atoms with Gasteiger partial charge < -0.3 is 40.6 Å². The number of ether oxygens (including phenoxy) is 1. The van der Waals surface area contributed by atoms with Crippen molar-refractivity contribution in [3.63, 3.8) is 0 Å². The molecule has 1 amide bonds. The van der Waals surface area contributed by atoms with Gasteiger partial charge in [0.15, 0.2) is 0 Å². The number of nitrogens with zero attached hydrogens (tertiary/aromatic N) is 1. The SMILES string of the molecule is CCc1cc(NC(=O)CCN2CCC3(CC2)CC(OC(=O)C(O)(c2cccs2)c2cccs2)C3)c(CC)cc1CNC[C@H](O)c1ccc(O)c2[nH]c(=O)ccc12. The van der Waals surface area contributed by atoms with E-state index in [9.17, 15) is 29.7 Å². The fourth-order valence-electron chi connectivity index (χ4n) is 8.30. The number of hydrogen-bond acceptors (Lipinski definition) is 11. The van der Waals surface area contributed by atoms with Crippen LogP contribution < -0.4 is 16.2 Å². The molecule has 1 saturated heterocycles. The number of nitrogens with one attached hydrogen (secondary N) is 3. The predicted octanol–water partition coefficient (Wildman–Crippen LogP) is 6.36. The number of aromatic amines is 1. The zero-order valence-electron chi connectivity index (χ0n) is 31.8. The van der Waals surface area contributed by atoms with Gasteiger partial charge in [-0.25, -0.2) is 4.79 Å². The molecule has 1 atom stereocenters. The maximum absolute atomic E-state index is 13.4. The number of amides is 1. The number of thiophene rings is 2. The number of carbonyl (C=O) groups excluding carboxylic acids is 2. The average Bonchev–Trinajstić information content (AvgIpc) is 3.94. The molecule has 2 aromatic carbocycles. The molecule has 0 unspecified atom stereocenters. The van der Waals surface area contributed by atoms with Crippen molar-refractivity contribution in [2.24, 2.45) is 5.41 Å². The van der Waals surface area contributed by atoms with E-state index in [1.54, 1.807) is 24.3 Å². The number of esters is 1. The van der Waals surface area contributed by atoms with Crippen LogP contribution in [0.5, 0.6) is 5.75 Å². The van der Waals surface area contributed by atoms with Crippen molar-refractivity contribution in [3.8, 4) is 5.75 Å². The molecule has 3 aromatic heterocycles. The van der Waals surface area contributed by atoms with Crippen LogP contribution in [-0.2, 0) is 39.3 Å². The van der Waals surface area contributed by atoms with Gasteiger partial charge in [0.1, 0.15) is 11.9 Å². The highest BCUT2D eigenvalue weighted by Crippen LogP contribution is 2.51. The molecule has 296 valence electrons. The number of phenols is 1. The molecule has 11 nitrogen and oxygen atoms in total. The molecule has 6 N–H and O–H groups in total. The number of aromatic hydroxyl groups is 1. The van der Waals surface area contributed by atoms with E-state index in [0.29, 0.717) is 45.7 Å². The summed E-state index contributed by atoms with van der Waals surface area (Å²) in [4.78, 5) is 44.5. The maximum atomic E-state index is 13.4. The second-order valence-electron chi connectivity index (χ2n) is 15.2. The fourth-order valence-corrected chi connectivity index (χ4v) is 10.0. The molecule has 1 aliphatic carbocycles. The second kappa shape index (κ2) is 17.0. The van der Waals surface area contributed by atoms with Crippen LogP contribution in [0.25, 0.3) is 10.9 Å². The molecular formula is C43H50N4O7S2. The number of likely N-dealkylation sites (tertiary alicyclic amines) is 1. The third-order valence-corrected chi connectivity index (χ3v) is 13.6. The van der Waals surface area contributed by atoms with E-state index in [0.717, 1.165) is 74.0 Å². The average molecular weight is 799 g/mol. The number of hydrogen-bond donors (Lipinski definition) is 6. The number of benzene rings is 2. The van der Waals surface area contributed by atoms with E-state index in [4.69, 9.17) is 4.74 Å². The molecule has 0 bridgehead atoms. The van der Waals surface area contributed by atoms with E-state index in [2.05, 4.69) is 46.5 Å². The Morgan fingerprint density at radius 1 is 0.982 bits per heavy atom. The number of carbonyl (C=O) groups is 2. The lowest BCUT2D eigenvalue weighted by molar-refractivity contribution is -0.181. The summed E-state index contributed by atoms with van der Waals surface area (Å²) >= 11 is 2.69. The van der Waals surface area contributed by atoms with E-state index in [-0.39, 0.29) is 35.3 Å². The first-order valence-corrected chi connectivity index (χ1v) is 21.2. The summed E-state index contributed by atoms with van der Waals surface area (Å²) in [5.41, 5.74) is 3.03. The van der Waals surface area contributed by atoms with Crippen LogP contribution in [0.15, 0.2) is 76.2 Å². The highest BCUT2D eigenvalue weighted by atomic mass is 32.1. The van der Waals surface area contributed by atoms with Crippen LogP contribution in [0.3, 0.4) is 0 Å². The standard InChI is InChI=1S/C43H50N4O7S2/c1-3-27-22-33(28(4-2)21-29(27)25-44-26-35(49)31-9-11-34(48)40-32(31)10-12-38(50)46-40)45-39(51)13-16-47-17-14-42(15-18-47)23-30(24-42)54-41(52)43(53,36-7-5-19-55-36)37-8-6-20-56-37/h5-12,19-22,30,35,44,48-49,53H,3-4,13-18,23-26H2,1-2H3,(H,45,51)(H,46,50)/t35-/m0/s1. The molecule has 4 heterocycles. The summed E-state index contributed by atoms with van der Waals surface area (Å²) in [5.74, 6) is -0.668. The Hall–Kier alpha value is -4.37. The van der Waals surface area contributed by atoms with Crippen molar-refractivity contribution in [1.29, 1.82) is 0 Å². The molecular weight excluding hydrogens is 749 g/mol. The summed E-state index contributed by atoms with van der Waals surface area (Å²) in [7, 11) is 0. The van der Waals surface area contributed by atoms with Crippen molar-refractivity contribution < 1.29 is 29.6 Å². The summed E-state index contributed by atoms with van der Waals surface area (Å²) in [6.45, 7) is 7.41. The molecule has 0 radical (unpaired) electrons. The molecule has 1 aliphatic heterocycles. The zero-order chi connectivity index (χ0) is 39.5. The first-order chi connectivity index (χ1) is 27.0. The normalized spacial score (nSPS) is 16.5. The largest absolute Gasteiger partial charge is 0.506 e. The van der Waals surface area contributed by atoms with Gasteiger partial charge in [-0.2, -0.15) is 0 Å². The van der Waals surface area contributed by atoms with E-state index in [1.165, 1.54) is 34.8 Å². The lowest BCUT2D eigenvalue weighted by atomic mass is 9.61. The molecule has 2 fully saturated rings. The van der Waals surface area contributed by atoms with E-state index >= 15 is 0 Å². The van der Waals surface area contributed by atoms with Crippen molar-refractivity contribution in [2.45, 2.75) is 83.1 Å². The number of aromatic nitrogens is 1. The Morgan fingerprint density at radius 3 is 2.32 bits per heavy atom. The molecule has 5 aromatic rings. The topological polar surface area (TPSA) is 164 Å².